The molecule has 440 valence electrons. The van der Waals surface area contributed by atoms with Gasteiger partial charge in [0.1, 0.15) is 23.3 Å². The van der Waals surface area contributed by atoms with E-state index in [0.29, 0.717) is 119 Å². The van der Waals surface area contributed by atoms with Gasteiger partial charge < -0.3 is 49.4 Å². The van der Waals surface area contributed by atoms with Crippen LogP contribution in [0.4, 0.5) is 51.7 Å². The van der Waals surface area contributed by atoms with E-state index in [1.54, 1.807) is 61.2 Å². The second kappa shape index (κ2) is 27.7. The number of morpholine rings is 2. The molecule has 8 aromatic heterocycles. The van der Waals surface area contributed by atoms with E-state index in [2.05, 4.69) is 55.3 Å². The lowest BCUT2D eigenvalue weighted by atomic mass is 9.82. The van der Waals surface area contributed by atoms with Crippen LogP contribution in [0.25, 0.3) is 55.8 Å². The van der Waals surface area contributed by atoms with Gasteiger partial charge >= 0.3 is 7.12 Å². The number of rotatable bonds is 14. The van der Waals surface area contributed by atoms with Crippen molar-refractivity contribution in [1.29, 1.82) is 0 Å². The molecule has 0 saturated carbocycles. The molecule has 0 atom stereocenters. The van der Waals surface area contributed by atoms with Gasteiger partial charge in [-0.25, -0.2) is 42.5 Å². The Bertz CT molecular complexity index is 3970. The van der Waals surface area contributed by atoms with Crippen molar-refractivity contribution in [3.63, 3.8) is 0 Å². The van der Waals surface area contributed by atoms with Gasteiger partial charge in [-0.2, -0.15) is 0 Å². The first-order valence-corrected chi connectivity index (χ1v) is 27.9. The summed E-state index contributed by atoms with van der Waals surface area (Å²) < 4.78 is 80.4. The summed E-state index contributed by atoms with van der Waals surface area (Å²) in [5.74, 6) is -1.85. The molecule has 12 rings (SSSR count). The summed E-state index contributed by atoms with van der Waals surface area (Å²) in [6, 6.07) is 25.7. The molecule has 86 heavy (non-hydrogen) atoms. The standard InChI is InChI=1S/C31H28F2N6O2.C24H20ClF2N5O.C7H10BNO3/c1-3-41-27-8-7-20(17-35-27)31-26(16-22(18-36-31)39-10-12-40-13-11-39)38-30-19(2)29(24-6-4-5-9-34-24)37-25-15-21(32)14-23(33)28(25)30;1-14-22(18-4-2-3-5-28-18)30-19-11-15(26)10-17(27)21(19)23(14)31-20-12-16(13-29-24(20)25)32-6-8-33-9-7-32;1-2-12-7-4-3-6(5-9-7)8(10)11/h4-9,14-18H,3,10-13H2,1-2H3,(H,37,38);2-5,10-13H,6-9H2,1H3,(H,30,31);3-5,10-11H,2H2,1H3. The van der Waals surface area contributed by atoms with Crippen molar-refractivity contribution in [1.82, 2.24) is 39.9 Å². The minimum atomic E-state index is -1.46. The van der Waals surface area contributed by atoms with E-state index in [-0.39, 0.29) is 27.0 Å². The van der Waals surface area contributed by atoms with Gasteiger partial charge in [-0.1, -0.05) is 29.8 Å². The van der Waals surface area contributed by atoms with Crippen molar-refractivity contribution in [3.8, 4) is 45.8 Å². The van der Waals surface area contributed by atoms with Gasteiger partial charge in [0.15, 0.2) is 5.15 Å². The van der Waals surface area contributed by atoms with E-state index in [1.165, 1.54) is 18.3 Å². The fourth-order valence-electron chi connectivity index (χ4n) is 9.72. The minimum absolute atomic E-state index is 0.168. The lowest BCUT2D eigenvalue weighted by Crippen LogP contribution is -2.36. The Labute approximate surface area is 498 Å². The molecular weight excluding hydrogens is 1130 g/mol. The molecule has 2 aliphatic heterocycles. The Morgan fingerprint density at radius 2 is 1.05 bits per heavy atom. The third kappa shape index (κ3) is 14.0. The number of ether oxygens (including phenoxy) is 4. The summed E-state index contributed by atoms with van der Waals surface area (Å²) in [6.45, 7) is 13.9. The maximum absolute atomic E-state index is 15.4. The van der Waals surface area contributed by atoms with Crippen molar-refractivity contribution >= 4 is 80.1 Å². The summed E-state index contributed by atoms with van der Waals surface area (Å²) >= 11 is 6.41. The molecule has 0 unspecified atom stereocenters. The molecule has 0 bridgehead atoms. The highest BCUT2D eigenvalue weighted by Crippen LogP contribution is 2.41. The van der Waals surface area contributed by atoms with E-state index in [1.807, 2.05) is 70.3 Å². The Kier molecular flexibility index (Phi) is 19.3. The summed E-state index contributed by atoms with van der Waals surface area (Å²) in [6.07, 6.45) is 9.88. The second-order valence-corrected chi connectivity index (χ2v) is 19.9. The highest BCUT2D eigenvalue weighted by atomic mass is 35.5. The van der Waals surface area contributed by atoms with Gasteiger partial charge in [0.05, 0.1) is 136 Å². The summed E-state index contributed by atoms with van der Waals surface area (Å²) in [4.78, 5) is 39.7. The summed E-state index contributed by atoms with van der Waals surface area (Å²) in [7, 11) is -1.46. The molecular formula is C62H58BClF4N12O6. The molecule has 0 spiro atoms. The Morgan fingerprint density at radius 3 is 1.50 bits per heavy atom. The molecule has 2 aromatic carbocycles. The zero-order chi connectivity index (χ0) is 60.3. The number of pyridine rings is 8. The van der Waals surface area contributed by atoms with Crippen molar-refractivity contribution in [2.24, 2.45) is 0 Å². The van der Waals surface area contributed by atoms with Crippen molar-refractivity contribution < 1.29 is 46.6 Å². The van der Waals surface area contributed by atoms with Crippen LogP contribution in [0.1, 0.15) is 25.0 Å². The van der Waals surface area contributed by atoms with Crippen LogP contribution in [-0.2, 0) is 9.47 Å². The number of benzene rings is 2. The first-order chi connectivity index (χ1) is 41.8. The van der Waals surface area contributed by atoms with Crippen LogP contribution in [0.2, 0.25) is 5.15 Å². The number of nitrogens with zero attached hydrogens (tertiary/aromatic N) is 10. The van der Waals surface area contributed by atoms with Crippen LogP contribution in [-0.4, -0.2) is 123 Å². The van der Waals surface area contributed by atoms with Gasteiger partial charge in [-0.15, -0.1) is 0 Å². The fourth-order valence-corrected chi connectivity index (χ4v) is 9.87. The number of nitrogens with one attached hydrogen (secondary N) is 2. The van der Waals surface area contributed by atoms with Crippen LogP contribution < -0.4 is 35.4 Å². The summed E-state index contributed by atoms with van der Waals surface area (Å²) in [5, 5.41) is 24.7. The van der Waals surface area contributed by atoms with E-state index < -0.39 is 30.4 Å². The third-order valence-electron chi connectivity index (χ3n) is 13.9. The Hall–Kier alpha value is -9.13. The molecule has 0 amide bonds. The molecule has 18 nitrogen and oxygen atoms in total. The van der Waals surface area contributed by atoms with Crippen molar-refractivity contribution in [3.05, 3.63) is 174 Å². The van der Waals surface area contributed by atoms with E-state index in [9.17, 15) is 13.2 Å². The van der Waals surface area contributed by atoms with Crippen molar-refractivity contribution in [2.45, 2.75) is 27.7 Å². The van der Waals surface area contributed by atoms with Gasteiger partial charge in [0.25, 0.3) is 0 Å². The average molecular weight is 1190 g/mol. The van der Waals surface area contributed by atoms with Crippen LogP contribution in [0.15, 0.2) is 134 Å². The highest BCUT2D eigenvalue weighted by molar-refractivity contribution is 6.58. The SMILES string of the molecule is CCOc1ccc(-c2ncc(N3CCOCC3)cc2Nc2c(C)c(-c3ccccn3)nc3cc(F)cc(F)c23)cn1.CCOc1ccc(B(O)O)cn1.Cc1c(-c2ccccn2)nc2cc(F)cc(F)c2c1Nc1cc(N2CCOCC2)cnc1Cl. The lowest BCUT2D eigenvalue weighted by Gasteiger charge is -2.29. The molecule has 2 aliphatic rings. The normalized spacial score (nSPS) is 13.1. The largest absolute Gasteiger partial charge is 0.490 e. The molecule has 0 aliphatic carbocycles. The zero-order valence-corrected chi connectivity index (χ0v) is 48.0. The predicted molar refractivity (Wildman–Crippen MR) is 325 cm³/mol. The first kappa shape index (κ1) is 60.0. The maximum Gasteiger partial charge on any atom is 0.490 e. The third-order valence-corrected chi connectivity index (χ3v) is 14.2. The van der Waals surface area contributed by atoms with E-state index in [0.717, 1.165) is 55.2 Å². The topological polar surface area (TPSA) is 211 Å². The van der Waals surface area contributed by atoms with Crippen LogP contribution in [0, 0.1) is 37.1 Å². The summed E-state index contributed by atoms with van der Waals surface area (Å²) in [5.41, 5.74) is 9.40. The number of fused-ring (bicyclic) bond motifs is 2. The first-order valence-electron chi connectivity index (χ1n) is 27.6. The average Bonchev–Trinajstić information content (AvgIpc) is 1.31. The quantitative estimate of drug-likeness (QED) is 0.0453. The number of hydrogen-bond acceptors (Lipinski definition) is 18. The molecule has 10 aromatic rings. The molecule has 2 saturated heterocycles. The number of aromatic nitrogens is 8. The monoisotopic (exact) mass is 1190 g/mol. The van der Waals surface area contributed by atoms with E-state index >= 15 is 4.39 Å². The molecule has 10 heterocycles. The molecule has 24 heteroatoms. The van der Waals surface area contributed by atoms with E-state index in [4.69, 9.17) is 45.6 Å². The highest BCUT2D eigenvalue weighted by Gasteiger charge is 2.24. The maximum atomic E-state index is 15.4. The van der Waals surface area contributed by atoms with Gasteiger partial charge in [0, 0.05) is 103 Å². The number of hydrogen-bond donors (Lipinski definition) is 4. The zero-order valence-electron chi connectivity index (χ0n) is 47.2. The van der Waals surface area contributed by atoms with Crippen LogP contribution >= 0.6 is 11.6 Å². The fraction of sp³-hybridized carbons (Fsp3) is 0.226. The minimum Gasteiger partial charge on any atom is -0.478 e. The Morgan fingerprint density at radius 1 is 0.558 bits per heavy atom. The predicted octanol–water partition coefficient (Wildman–Crippen LogP) is 11.0. The molecule has 4 N–H and O–H groups in total. The molecule has 0 radical (unpaired) electrons. The molecule has 2 fully saturated rings. The smallest absolute Gasteiger partial charge is 0.478 e. The van der Waals surface area contributed by atoms with Crippen LogP contribution in [0.5, 0.6) is 11.8 Å². The van der Waals surface area contributed by atoms with Crippen molar-refractivity contribution in [2.75, 3.05) is 86.3 Å². The Balaban J connectivity index is 0.000000163. The number of halogens is 5. The van der Waals surface area contributed by atoms with Gasteiger partial charge in [-0.3, -0.25) is 15.0 Å². The van der Waals surface area contributed by atoms with Gasteiger partial charge in [-0.05, 0) is 76.2 Å². The van der Waals surface area contributed by atoms with Gasteiger partial charge in [0.2, 0.25) is 11.8 Å². The van der Waals surface area contributed by atoms with Crippen LogP contribution in [0.3, 0.4) is 0 Å². The number of anilines is 6. The lowest BCUT2D eigenvalue weighted by molar-refractivity contribution is 0.122. The second-order valence-electron chi connectivity index (χ2n) is 19.5.